The third-order valence-corrected chi connectivity index (χ3v) is 0.565. The molecule has 0 aliphatic heterocycles. The molecule has 0 aromatic carbocycles. The van der Waals surface area contributed by atoms with Gasteiger partial charge in [0.1, 0.15) is 0 Å². The molecule has 3 heteroatoms. The minimum atomic E-state index is 0.160. The Morgan fingerprint density at radius 1 is 2.00 bits per heavy atom. The SMILES string of the molecule is C=C/C(=N\O)OCC. The molecule has 0 heterocycles. The zero-order chi connectivity index (χ0) is 6.41. The van der Waals surface area contributed by atoms with E-state index in [1.165, 1.54) is 6.08 Å². The van der Waals surface area contributed by atoms with Crippen LogP contribution in [0.5, 0.6) is 0 Å². The van der Waals surface area contributed by atoms with Crippen molar-refractivity contribution in [2.24, 2.45) is 5.16 Å². The maximum atomic E-state index is 8.05. The van der Waals surface area contributed by atoms with Crippen LogP contribution in [0.25, 0.3) is 0 Å². The van der Waals surface area contributed by atoms with E-state index in [-0.39, 0.29) is 5.90 Å². The maximum absolute atomic E-state index is 8.05. The van der Waals surface area contributed by atoms with Crippen molar-refractivity contribution in [3.63, 3.8) is 0 Å². The van der Waals surface area contributed by atoms with E-state index in [1.807, 2.05) is 0 Å². The highest BCUT2D eigenvalue weighted by molar-refractivity contribution is 5.86. The van der Waals surface area contributed by atoms with Crippen LogP contribution in [0.3, 0.4) is 0 Å². The molecule has 0 saturated heterocycles. The molecule has 1 N–H and O–H groups in total. The Kier molecular flexibility index (Phi) is 3.66. The zero-order valence-electron chi connectivity index (χ0n) is 4.79. The fourth-order valence-corrected chi connectivity index (χ4v) is 0.277. The van der Waals surface area contributed by atoms with E-state index < -0.39 is 0 Å². The van der Waals surface area contributed by atoms with Crippen LogP contribution in [0.15, 0.2) is 17.8 Å². The van der Waals surface area contributed by atoms with Gasteiger partial charge in [-0.05, 0) is 18.2 Å². The highest BCUT2D eigenvalue weighted by Crippen LogP contribution is 1.80. The van der Waals surface area contributed by atoms with E-state index >= 15 is 0 Å². The Morgan fingerprint density at radius 3 is 2.75 bits per heavy atom. The maximum Gasteiger partial charge on any atom is 0.249 e. The first kappa shape index (κ1) is 7.01. The summed E-state index contributed by atoms with van der Waals surface area (Å²) in [6.07, 6.45) is 1.34. The molecule has 0 saturated carbocycles. The normalized spacial score (nSPS) is 10.9. The van der Waals surface area contributed by atoms with Gasteiger partial charge in [-0.2, -0.15) is 0 Å². The van der Waals surface area contributed by atoms with Gasteiger partial charge < -0.3 is 9.94 Å². The molecule has 0 fully saturated rings. The standard InChI is InChI=1S/C5H9NO2/c1-3-5(6-7)8-4-2/h3,7H,1,4H2,2H3/b6-5+. The van der Waals surface area contributed by atoms with Gasteiger partial charge in [0.2, 0.25) is 5.90 Å². The van der Waals surface area contributed by atoms with Crippen molar-refractivity contribution in [2.75, 3.05) is 6.61 Å². The smallest absolute Gasteiger partial charge is 0.249 e. The Hall–Kier alpha value is -0.990. The largest absolute Gasteiger partial charge is 0.476 e. The molecule has 0 atom stereocenters. The first-order valence-electron chi connectivity index (χ1n) is 2.32. The van der Waals surface area contributed by atoms with Gasteiger partial charge >= 0.3 is 0 Å². The second-order valence-corrected chi connectivity index (χ2v) is 1.08. The molecular formula is C5H9NO2. The first-order chi connectivity index (χ1) is 3.85. The predicted molar refractivity (Wildman–Crippen MR) is 31.0 cm³/mol. The summed E-state index contributed by atoms with van der Waals surface area (Å²) in [6, 6.07) is 0. The molecule has 0 spiro atoms. The summed E-state index contributed by atoms with van der Waals surface area (Å²) >= 11 is 0. The molecule has 46 valence electrons. The summed E-state index contributed by atoms with van der Waals surface area (Å²) in [5.41, 5.74) is 0. The van der Waals surface area contributed by atoms with E-state index in [1.54, 1.807) is 6.92 Å². The average molecular weight is 115 g/mol. The summed E-state index contributed by atoms with van der Waals surface area (Å²) in [4.78, 5) is 0. The summed E-state index contributed by atoms with van der Waals surface area (Å²) < 4.78 is 4.72. The molecule has 0 radical (unpaired) electrons. The average Bonchev–Trinajstić information content (AvgIpc) is 1.83. The molecule has 0 aromatic rings. The zero-order valence-corrected chi connectivity index (χ0v) is 4.79. The van der Waals surface area contributed by atoms with Gasteiger partial charge in [-0.1, -0.05) is 6.58 Å². The van der Waals surface area contributed by atoms with Gasteiger partial charge in [-0.25, -0.2) is 0 Å². The van der Waals surface area contributed by atoms with Crippen molar-refractivity contribution in [2.45, 2.75) is 6.92 Å². The van der Waals surface area contributed by atoms with E-state index in [0.29, 0.717) is 6.61 Å². The van der Waals surface area contributed by atoms with Crippen LogP contribution in [-0.2, 0) is 4.74 Å². The van der Waals surface area contributed by atoms with Gasteiger partial charge in [0.25, 0.3) is 0 Å². The summed E-state index contributed by atoms with van der Waals surface area (Å²) in [6.45, 7) is 5.63. The second-order valence-electron chi connectivity index (χ2n) is 1.08. The van der Waals surface area contributed by atoms with E-state index in [9.17, 15) is 0 Å². The third kappa shape index (κ3) is 2.23. The van der Waals surface area contributed by atoms with Crippen molar-refractivity contribution in [3.8, 4) is 0 Å². The Balaban J connectivity index is 3.54. The van der Waals surface area contributed by atoms with Gasteiger partial charge in [0.15, 0.2) is 0 Å². The summed E-state index contributed by atoms with van der Waals surface area (Å²) in [7, 11) is 0. The van der Waals surface area contributed by atoms with Crippen LogP contribution >= 0.6 is 0 Å². The minimum absolute atomic E-state index is 0.160. The van der Waals surface area contributed by atoms with Crippen LogP contribution in [0, 0.1) is 0 Å². The second kappa shape index (κ2) is 4.18. The van der Waals surface area contributed by atoms with Gasteiger partial charge in [0, 0.05) is 0 Å². The van der Waals surface area contributed by atoms with Crippen LogP contribution in [-0.4, -0.2) is 17.7 Å². The quantitative estimate of drug-likeness (QED) is 0.252. The first-order valence-corrected chi connectivity index (χ1v) is 2.32. The Labute approximate surface area is 48.3 Å². The van der Waals surface area contributed by atoms with Crippen molar-refractivity contribution in [1.82, 2.24) is 0 Å². The molecule has 0 aliphatic rings. The lowest BCUT2D eigenvalue weighted by molar-refractivity contribution is 0.267. The number of rotatable bonds is 2. The summed E-state index contributed by atoms with van der Waals surface area (Å²) in [5, 5.41) is 10.8. The lowest BCUT2D eigenvalue weighted by Crippen LogP contribution is -1.98. The van der Waals surface area contributed by atoms with Crippen molar-refractivity contribution < 1.29 is 9.94 Å². The summed E-state index contributed by atoms with van der Waals surface area (Å²) in [5.74, 6) is 0.160. The van der Waals surface area contributed by atoms with Crippen molar-refractivity contribution in [3.05, 3.63) is 12.7 Å². The van der Waals surface area contributed by atoms with Gasteiger partial charge in [-0.3, -0.25) is 0 Å². The van der Waals surface area contributed by atoms with Crippen molar-refractivity contribution in [1.29, 1.82) is 0 Å². The number of hydrogen-bond acceptors (Lipinski definition) is 3. The van der Waals surface area contributed by atoms with E-state index in [2.05, 4.69) is 11.7 Å². The van der Waals surface area contributed by atoms with Gasteiger partial charge in [0.05, 0.1) is 6.61 Å². The van der Waals surface area contributed by atoms with E-state index in [4.69, 9.17) is 9.94 Å². The van der Waals surface area contributed by atoms with Crippen LogP contribution < -0.4 is 0 Å². The third-order valence-electron chi connectivity index (χ3n) is 0.565. The Bertz CT molecular complexity index is 98.6. The fourth-order valence-electron chi connectivity index (χ4n) is 0.277. The predicted octanol–water partition coefficient (Wildman–Crippen LogP) is 0.997. The van der Waals surface area contributed by atoms with Crippen LogP contribution in [0.2, 0.25) is 0 Å². The minimum Gasteiger partial charge on any atom is -0.476 e. The van der Waals surface area contributed by atoms with Gasteiger partial charge in [-0.15, -0.1) is 0 Å². The fraction of sp³-hybridized carbons (Fsp3) is 0.400. The van der Waals surface area contributed by atoms with Crippen LogP contribution in [0.4, 0.5) is 0 Å². The topological polar surface area (TPSA) is 41.8 Å². The molecule has 0 unspecified atom stereocenters. The Morgan fingerprint density at radius 2 is 2.62 bits per heavy atom. The molecule has 0 aliphatic carbocycles. The molecule has 0 rings (SSSR count). The molecule has 0 aromatic heterocycles. The number of oxime groups is 1. The number of ether oxygens (including phenoxy) is 1. The van der Waals surface area contributed by atoms with Crippen LogP contribution in [0.1, 0.15) is 6.92 Å². The number of nitrogens with zero attached hydrogens (tertiary/aromatic N) is 1. The lowest BCUT2D eigenvalue weighted by Gasteiger charge is -1.95. The molecule has 0 amide bonds. The molecule has 0 bridgehead atoms. The molecule has 8 heavy (non-hydrogen) atoms. The molecule has 3 nitrogen and oxygen atoms in total. The lowest BCUT2D eigenvalue weighted by atomic mass is 10.6. The highest BCUT2D eigenvalue weighted by atomic mass is 16.5. The molecular weight excluding hydrogens is 106 g/mol. The van der Waals surface area contributed by atoms with E-state index in [0.717, 1.165) is 0 Å². The number of hydrogen-bond donors (Lipinski definition) is 1. The highest BCUT2D eigenvalue weighted by Gasteiger charge is 1.87. The monoisotopic (exact) mass is 115 g/mol. The van der Waals surface area contributed by atoms with Crippen molar-refractivity contribution >= 4 is 5.90 Å².